The van der Waals surface area contributed by atoms with Crippen molar-refractivity contribution in [3.05, 3.63) is 84.2 Å². The quantitative estimate of drug-likeness (QED) is 0.403. The Labute approximate surface area is 185 Å². The third-order valence-electron chi connectivity index (χ3n) is 5.25. The molecular formula is C26H34N2P2. The van der Waals surface area contributed by atoms with E-state index >= 15 is 0 Å². The molecule has 0 saturated heterocycles. The van der Waals surface area contributed by atoms with Gasteiger partial charge in [-0.15, -0.1) is 0 Å². The number of nitrogens with zero attached hydrogens (tertiary/aromatic N) is 2. The highest BCUT2D eigenvalue weighted by Gasteiger charge is 2.30. The van der Waals surface area contributed by atoms with Crippen molar-refractivity contribution in [2.24, 2.45) is 0 Å². The molecule has 0 fully saturated rings. The van der Waals surface area contributed by atoms with E-state index in [9.17, 15) is 0 Å². The fourth-order valence-corrected chi connectivity index (χ4v) is 8.45. The Balaban J connectivity index is 1.95. The maximum atomic E-state index is 4.74. The van der Waals surface area contributed by atoms with Gasteiger partial charge in [0.15, 0.2) is 0 Å². The van der Waals surface area contributed by atoms with Crippen LogP contribution in [0.3, 0.4) is 0 Å². The fraction of sp³-hybridized carbons (Fsp3) is 0.385. The van der Waals surface area contributed by atoms with Gasteiger partial charge in [-0.05, 0) is 73.9 Å². The van der Waals surface area contributed by atoms with Crippen molar-refractivity contribution in [2.75, 3.05) is 0 Å². The van der Waals surface area contributed by atoms with Crippen LogP contribution < -0.4 is 10.9 Å². The van der Waals surface area contributed by atoms with E-state index < -0.39 is 15.8 Å². The van der Waals surface area contributed by atoms with Crippen LogP contribution in [0, 0.1) is 0 Å². The lowest BCUT2D eigenvalue weighted by atomic mass is 10.1. The van der Waals surface area contributed by atoms with E-state index in [4.69, 9.17) is 9.97 Å². The zero-order chi connectivity index (χ0) is 21.8. The highest BCUT2D eigenvalue weighted by molar-refractivity contribution is 7.66. The molecular weight excluding hydrogens is 402 g/mol. The summed E-state index contributed by atoms with van der Waals surface area (Å²) in [6.45, 7) is 14.1. The number of rotatable bonds is 6. The topological polar surface area (TPSA) is 25.8 Å². The van der Waals surface area contributed by atoms with E-state index in [-0.39, 0.29) is 10.3 Å². The third-order valence-corrected chi connectivity index (χ3v) is 11.4. The molecule has 0 aliphatic heterocycles. The van der Waals surface area contributed by atoms with E-state index in [0.29, 0.717) is 0 Å². The molecule has 0 unspecified atom stereocenters. The lowest BCUT2D eigenvalue weighted by Gasteiger charge is -2.33. The molecule has 0 aliphatic carbocycles. The molecule has 0 N–H and O–H groups in total. The average molecular weight is 437 g/mol. The molecule has 2 nitrogen and oxygen atoms in total. The van der Waals surface area contributed by atoms with E-state index in [1.165, 1.54) is 22.0 Å². The Hall–Kier alpha value is -1.62. The minimum absolute atomic E-state index is 0.201. The molecule has 0 aliphatic rings. The maximum absolute atomic E-state index is 4.74. The van der Waals surface area contributed by atoms with Crippen LogP contribution in [-0.2, 0) is 12.3 Å². The van der Waals surface area contributed by atoms with E-state index in [2.05, 4.69) is 90.1 Å². The van der Waals surface area contributed by atoms with E-state index in [0.717, 1.165) is 12.3 Å². The van der Waals surface area contributed by atoms with Crippen LogP contribution in [0.25, 0.3) is 0 Å². The number of hydrogen-bond donors (Lipinski definition) is 0. The van der Waals surface area contributed by atoms with Crippen molar-refractivity contribution in [3.8, 4) is 0 Å². The van der Waals surface area contributed by atoms with Gasteiger partial charge in [-0.3, -0.25) is 9.97 Å². The number of pyridine rings is 2. The third kappa shape index (κ3) is 5.96. The first kappa shape index (κ1) is 23.1. The molecule has 2 atom stereocenters. The molecule has 3 rings (SSSR count). The molecule has 4 heteroatoms. The Morgan fingerprint density at radius 1 is 0.567 bits per heavy atom. The second-order valence-electron chi connectivity index (χ2n) is 9.66. The summed E-state index contributed by atoms with van der Waals surface area (Å²) in [6, 6.07) is 21.7. The molecule has 0 radical (unpaired) electrons. The Bertz CT molecular complexity index is 850. The summed E-state index contributed by atoms with van der Waals surface area (Å²) >= 11 is 0. The minimum Gasteiger partial charge on any atom is -0.257 e. The molecule has 0 amide bonds. The summed E-state index contributed by atoms with van der Waals surface area (Å²) < 4.78 is 0. The average Bonchev–Trinajstić information content (AvgIpc) is 2.70. The van der Waals surface area contributed by atoms with Gasteiger partial charge in [0.05, 0.1) is 10.9 Å². The van der Waals surface area contributed by atoms with Crippen LogP contribution in [0.2, 0.25) is 0 Å². The largest absolute Gasteiger partial charge is 0.257 e. The van der Waals surface area contributed by atoms with Crippen molar-refractivity contribution in [2.45, 2.75) is 64.2 Å². The number of hydrogen-bond acceptors (Lipinski definition) is 2. The van der Waals surface area contributed by atoms with Gasteiger partial charge in [0.25, 0.3) is 0 Å². The maximum Gasteiger partial charge on any atom is 0.0639 e. The Kier molecular flexibility index (Phi) is 7.43. The second kappa shape index (κ2) is 9.67. The second-order valence-corrected chi connectivity index (χ2v) is 15.6. The predicted octanol–water partition coefficient (Wildman–Crippen LogP) is 6.69. The van der Waals surface area contributed by atoms with Crippen molar-refractivity contribution in [3.63, 3.8) is 0 Å². The minimum atomic E-state index is -0.416. The normalized spacial score (nSPS) is 14.3. The summed E-state index contributed by atoms with van der Waals surface area (Å²) in [5.41, 5.74) is 5.43. The molecule has 0 bridgehead atoms. The van der Waals surface area contributed by atoms with Gasteiger partial charge in [-0.1, -0.05) is 77.9 Å². The first-order chi connectivity index (χ1) is 14.2. The highest BCUT2D eigenvalue weighted by atomic mass is 31.1. The van der Waals surface area contributed by atoms with Crippen LogP contribution in [0.5, 0.6) is 0 Å². The Morgan fingerprint density at radius 2 is 0.933 bits per heavy atom. The summed E-state index contributed by atoms with van der Waals surface area (Å²) in [4.78, 5) is 9.48. The fourth-order valence-electron chi connectivity index (χ4n) is 3.56. The molecule has 1 aromatic carbocycles. The predicted molar refractivity (Wildman–Crippen MR) is 135 cm³/mol. The molecule has 2 heterocycles. The SMILES string of the molecule is CC(C)(C)[P@](Cc1ccccc1C[P@@](c1ccccn1)C(C)(C)C)c1ccccn1. The molecule has 2 aromatic heterocycles. The van der Waals surface area contributed by atoms with Crippen molar-refractivity contribution in [1.82, 2.24) is 9.97 Å². The standard InChI is InChI=1S/C26H34N2P2/c1-25(2,3)29(23-15-9-11-17-27-23)19-21-13-7-8-14-22(21)20-30(26(4,5)6)24-16-10-12-18-28-24/h7-18H,19-20H2,1-6H3/t29-,30+. The van der Waals surface area contributed by atoms with Crippen LogP contribution in [0.1, 0.15) is 52.7 Å². The number of benzene rings is 1. The lowest BCUT2D eigenvalue weighted by Crippen LogP contribution is -2.24. The first-order valence-corrected chi connectivity index (χ1v) is 13.7. The summed E-state index contributed by atoms with van der Waals surface area (Å²) in [5, 5.41) is 0.402. The van der Waals surface area contributed by atoms with Gasteiger partial charge in [-0.2, -0.15) is 0 Å². The van der Waals surface area contributed by atoms with Gasteiger partial charge in [0, 0.05) is 12.4 Å². The van der Waals surface area contributed by atoms with Crippen LogP contribution in [0.4, 0.5) is 0 Å². The van der Waals surface area contributed by atoms with Crippen LogP contribution in [0.15, 0.2) is 73.1 Å². The summed E-state index contributed by atoms with van der Waals surface area (Å²) in [5.74, 6) is 0. The van der Waals surface area contributed by atoms with E-state index in [1.807, 2.05) is 24.5 Å². The summed E-state index contributed by atoms with van der Waals surface area (Å²) in [7, 11) is -0.832. The van der Waals surface area contributed by atoms with Gasteiger partial charge >= 0.3 is 0 Å². The lowest BCUT2D eigenvalue weighted by molar-refractivity contribution is 0.782. The zero-order valence-corrected chi connectivity index (χ0v) is 20.9. The van der Waals surface area contributed by atoms with E-state index in [1.54, 1.807) is 0 Å². The smallest absolute Gasteiger partial charge is 0.0639 e. The van der Waals surface area contributed by atoms with Crippen LogP contribution >= 0.6 is 15.8 Å². The van der Waals surface area contributed by atoms with Crippen molar-refractivity contribution >= 4 is 26.7 Å². The molecule has 0 saturated carbocycles. The highest BCUT2D eigenvalue weighted by Crippen LogP contribution is 2.54. The van der Waals surface area contributed by atoms with Gasteiger partial charge in [0.2, 0.25) is 0 Å². The van der Waals surface area contributed by atoms with Gasteiger partial charge < -0.3 is 0 Å². The number of aromatic nitrogens is 2. The molecule has 3 aromatic rings. The molecule has 0 spiro atoms. The van der Waals surface area contributed by atoms with Crippen molar-refractivity contribution in [1.29, 1.82) is 0 Å². The van der Waals surface area contributed by atoms with Gasteiger partial charge in [-0.25, -0.2) is 0 Å². The first-order valence-electron chi connectivity index (χ1n) is 10.6. The monoisotopic (exact) mass is 436 g/mol. The van der Waals surface area contributed by atoms with Gasteiger partial charge in [0.1, 0.15) is 0 Å². The summed E-state index contributed by atoms with van der Waals surface area (Å²) in [6.07, 6.45) is 6.01. The van der Waals surface area contributed by atoms with Crippen LogP contribution in [-0.4, -0.2) is 20.3 Å². The zero-order valence-electron chi connectivity index (χ0n) is 19.1. The Morgan fingerprint density at radius 3 is 1.23 bits per heavy atom. The molecule has 30 heavy (non-hydrogen) atoms. The molecule has 158 valence electrons. The van der Waals surface area contributed by atoms with Crippen molar-refractivity contribution < 1.29 is 0 Å².